The van der Waals surface area contributed by atoms with Gasteiger partial charge in [-0.1, -0.05) is 121 Å². The second-order valence-electron chi connectivity index (χ2n) is 11.6. The van der Waals surface area contributed by atoms with E-state index >= 15 is 0 Å². The zero-order chi connectivity index (χ0) is 40.8. The SMILES string of the molecule is [CH2-]CCCSSCCC(=O)OCC(COC(=O)CCSSCCC[CH2-])(COC(=O)CCSSCCCCS(=O)[O-])COC(=O)CCSSCCCCS(=O)[O-].[Na+].[Na+].[Na+].[Na+]. The molecule has 0 aliphatic carbocycles. The summed E-state index contributed by atoms with van der Waals surface area (Å²) >= 11 is -4.10. The molecule has 0 heterocycles. The van der Waals surface area contributed by atoms with Gasteiger partial charge in [0.15, 0.2) is 0 Å². The second kappa shape index (κ2) is 53.8. The summed E-state index contributed by atoms with van der Waals surface area (Å²) in [5, 5.41) is 0. The molecule has 0 bridgehead atoms. The first-order chi connectivity index (χ1) is 26.5. The molecule has 59 heavy (non-hydrogen) atoms. The van der Waals surface area contributed by atoms with Crippen LogP contribution >= 0.6 is 86.4 Å². The number of unbranched alkanes of at least 4 members (excludes halogenated alkanes) is 4. The molecule has 0 fully saturated rings. The van der Waals surface area contributed by atoms with Crippen LogP contribution in [0.5, 0.6) is 0 Å². The summed E-state index contributed by atoms with van der Waals surface area (Å²) in [6.07, 6.45) is 6.68. The van der Waals surface area contributed by atoms with Crippen LogP contribution in [0.4, 0.5) is 0 Å². The normalized spacial score (nSPS) is 11.7. The second-order valence-corrected chi connectivity index (χ2v) is 24.4. The van der Waals surface area contributed by atoms with Gasteiger partial charge in [-0.15, -0.1) is 0 Å². The maximum Gasteiger partial charge on any atom is 1.00 e. The fourth-order valence-electron chi connectivity index (χ4n) is 3.53. The molecule has 0 aromatic heterocycles. The van der Waals surface area contributed by atoms with Gasteiger partial charge in [0.25, 0.3) is 0 Å². The third kappa shape index (κ3) is 52.1. The van der Waals surface area contributed by atoms with Crippen LogP contribution < -0.4 is 118 Å². The van der Waals surface area contributed by atoms with Crippen LogP contribution in [0, 0.1) is 19.3 Å². The molecule has 0 spiro atoms. The summed E-state index contributed by atoms with van der Waals surface area (Å²) in [4.78, 5) is 51.2. The van der Waals surface area contributed by atoms with Crippen LogP contribution in [0.2, 0.25) is 0 Å². The summed E-state index contributed by atoms with van der Waals surface area (Å²) in [6, 6.07) is 0. The van der Waals surface area contributed by atoms with Gasteiger partial charge in [-0.25, -0.2) is 0 Å². The Bertz CT molecular complexity index is 1000. The Morgan fingerprint density at radius 3 is 0.898 bits per heavy atom. The summed E-state index contributed by atoms with van der Waals surface area (Å²) in [5.41, 5.74) is -1.35. The van der Waals surface area contributed by atoms with E-state index in [1.165, 1.54) is 43.2 Å². The third-order valence-electron chi connectivity index (χ3n) is 6.58. The van der Waals surface area contributed by atoms with Crippen LogP contribution in [-0.4, -0.2) is 125 Å². The number of hydrogen-bond donors (Lipinski definition) is 0. The van der Waals surface area contributed by atoms with Crippen molar-refractivity contribution in [3.05, 3.63) is 13.8 Å². The van der Waals surface area contributed by atoms with Gasteiger partial charge in [0.05, 0.1) is 25.7 Å². The zero-order valence-electron chi connectivity index (χ0n) is 35.3. The maximum absolute atomic E-state index is 12.8. The van der Waals surface area contributed by atoms with Crippen molar-refractivity contribution in [2.24, 2.45) is 5.41 Å². The topological polar surface area (TPSA) is 185 Å². The summed E-state index contributed by atoms with van der Waals surface area (Å²) in [5.74, 6) is 3.51. The third-order valence-corrected chi connectivity index (χ3v) is 17.8. The Labute approximate surface area is 479 Å². The van der Waals surface area contributed by atoms with E-state index in [0.717, 1.165) is 61.5 Å². The summed E-state index contributed by atoms with van der Waals surface area (Å²) in [6.45, 7) is 6.37. The van der Waals surface area contributed by atoms with Crippen LogP contribution in [0.15, 0.2) is 0 Å². The largest absolute Gasteiger partial charge is 1.00 e. The predicted octanol–water partition coefficient (Wildman–Crippen LogP) is -4.21. The number of esters is 4. The predicted molar refractivity (Wildman–Crippen MR) is 240 cm³/mol. The van der Waals surface area contributed by atoms with Crippen molar-refractivity contribution in [3.63, 3.8) is 0 Å². The first kappa shape index (κ1) is 72.9. The monoisotopic (exact) mass is 1060 g/mol. The van der Waals surface area contributed by atoms with E-state index in [9.17, 15) is 36.7 Å². The van der Waals surface area contributed by atoms with Crippen molar-refractivity contribution in [1.82, 2.24) is 0 Å². The molecule has 26 heteroatoms. The minimum absolute atomic E-state index is 0. The fourth-order valence-corrected chi connectivity index (χ4v) is 12.9. The molecule has 2 atom stereocenters. The summed E-state index contributed by atoms with van der Waals surface area (Å²) in [7, 11) is 12.4. The number of carbonyl (C=O) groups excluding carboxylic acids is 4. The van der Waals surface area contributed by atoms with Crippen LogP contribution in [0.1, 0.15) is 77.0 Å². The number of rotatable bonds is 40. The van der Waals surface area contributed by atoms with Crippen LogP contribution in [0.25, 0.3) is 0 Å². The van der Waals surface area contributed by atoms with Gasteiger partial charge in [-0.05, 0) is 25.7 Å². The Balaban J connectivity index is -0.00000243. The first-order valence-corrected chi connectivity index (χ1v) is 30.3. The molecular formula is C33H56Na4O12S10. The van der Waals surface area contributed by atoms with E-state index in [2.05, 4.69) is 13.8 Å². The molecule has 0 rings (SSSR count). The van der Waals surface area contributed by atoms with E-state index in [0.29, 0.717) is 35.9 Å². The smallest absolute Gasteiger partial charge is 0.772 e. The molecule has 0 aromatic rings. The quantitative estimate of drug-likeness (QED) is 0.0109. The van der Waals surface area contributed by atoms with Crippen molar-refractivity contribution in [1.29, 1.82) is 0 Å². The van der Waals surface area contributed by atoms with E-state index < -0.39 is 51.5 Å². The van der Waals surface area contributed by atoms with Gasteiger partial charge < -0.3 is 41.9 Å². The number of carbonyl (C=O) groups is 4. The van der Waals surface area contributed by atoms with Crippen molar-refractivity contribution in [3.8, 4) is 0 Å². The average molecular weight is 1060 g/mol. The number of hydrogen-bond acceptors (Lipinski definition) is 20. The van der Waals surface area contributed by atoms with Crippen molar-refractivity contribution >= 4 is 132 Å². The van der Waals surface area contributed by atoms with Gasteiger partial charge in [0.2, 0.25) is 0 Å². The van der Waals surface area contributed by atoms with Crippen LogP contribution in [0.3, 0.4) is 0 Å². The van der Waals surface area contributed by atoms with E-state index in [1.54, 1.807) is 43.2 Å². The maximum atomic E-state index is 12.8. The van der Waals surface area contributed by atoms with Crippen molar-refractivity contribution in [2.75, 3.05) is 84.0 Å². The van der Waals surface area contributed by atoms with Crippen LogP contribution in [-0.2, 0) is 60.3 Å². The molecule has 0 aliphatic rings. The minimum atomic E-state index is -2.05. The molecule has 0 radical (unpaired) electrons. The fraction of sp³-hybridized carbons (Fsp3) is 0.818. The molecule has 0 aromatic carbocycles. The van der Waals surface area contributed by atoms with Gasteiger partial charge in [0.1, 0.15) is 31.8 Å². The molecular weight excluding hydrogens is 1000 g/mol. The standard InChI is InChI=1S/C33H58O12S10.4Na/c1-3-5-15-46-50-19-11-29(34)42-25-33(26-43-30(35)12-20-51-47-16-6-4-2,27-44-31(36)13-21-52-48-17-7-9-23-54(38)39)28-45-32(37)14-22-53-49-18-8-10-24-55(40)41;;;;/h1-28H2,(H,38,39)(H,40,41);;;;/q-2;4*+1/p-2. The van der Waals surface area contributed by atoms with Gasteiger partial charge in [0, 0.05) is 57.5 Å². The molecule has 0 aliphatic heterocycles. The minimum Gasteiger partial charge on any atom is -0.772 e. The molecule has 2 unspecified atom stereocenters. The Kier molecular flexibility index (Phi) is 66.5. The first-order valence-electron chi connectivity index (χ1n) is 17.8. The molecule has 324 valence electrons. The van der Waals surface area contributed by atoms with Gasteiger partial charge in [-0.3, -0.25) is 27.6 Å². The van der Waals surface area contributed by atoms with Crippen molar-refractivity contribution in [2.45, 2.75) is 77.0 Å². The van der Waals surface area contributed by atoms with Crippen molar-refractivity contribution < 1.29 is 174 Å². The molecule has 0 amide bonds. The molecule has 0 saturated carbocycles. The zero-order valence-corrected chi connectivity index (χ0v) is 51.4. The molecule has 0 N–H and O–H groups in total. The average Bonchev–Trinajstić information content (AvgIpc) is 3.15. The molecule has 12 nitrogen and oxygen atoms in total. The summed E-state index contributed by atoms with van der Waals surface area (Å²) < 4.78 is 65.2. The van der Waals surface area contributed by atoms with E-state index in [-0.39, 0.29) is 182 Å². The van der Waals surface area contributed by atoms with E-state index in [4.69, 9.17) is 18.9 Å². The molecule has 0 saturated heterocycles. The number of ether oxygens (including phenoxy) is 4. The van der Waals surface area contributed by atoms with Gasteiger partial charge >= 0.3 is 142 Å². The Morgan fingerprint density at radius 1 is 0.424 bits per heavy atom. The van der Waals surface area contributed by atoms with E-state index in [1.807, 2.05) is 0 Å². The Hall–Kier alpha value is 4.90. The van der Waals surface area contributed by atoms with Gasteiger partial charge in [-0.2, -0.15) is 12.8 Å². The Morgan fingerprint density at radius 2 is 0.661 bits per heavy atom.